The standard InChI is InChI=1S/C57H56N4O6/c1-66-46-34-30-44(31-35-46)57(42-19-7-3-8-20-42,43-21-9-4-10-22-43)58-36-16-15-27-52(54(63)59-45-32-28-41(38-62)29-33-45)60-55(64)53(37-40-17-5-2-6-18-40)61-56(65)67-39-51-49-25-13-11-23-47(49)48-24-12-14-26-50(48)51/h2-14,17-26,28-35,51-53,58,62H,15-16,27,36-39H2,1H3,(H,59,63)(H,60,64)(H,61,65)/t52-,53+/m0/s1. The molecule has 0 saturated carbocycles. The Labute approximate surface area is 392 Å². The minimum Gasteiger partial charge on any atom is -0.497 e. The van der Waals surface area contributed by atoms with Gasteiger partial charge in [-0.2, -0.15) is 0 Å². The number of hydrogen-bond donors (Lipinski definition) is 5. The number of carbonyl (C=O) groups is 3. The molecule has 0 saturated heterocycles. The number of ether oxygens (including phenoxy) is 2. The molecule has 0 unspecified atom stereocenters. The lowest BCUT2D eigenvalue weighted by molar-refractivity contribution is -0.128. The highest BCUT2D eigenvalue weighted by atomic mass is 16.5. The third-order valence-electron chi connectivity index (χ3n) is 12.5. The predicted octanol–water partition coefficient (Wildman–Crippen LogP) is 9.51. The second-order valence-electron chi connectivity index (χ2n) is 16.8. The van der Waals surface area contributed by atoms with E-state index in [1.165, 1.54) is 0 Å². The summed E-state index contributed by atoms with van der Waals surface area (Å²) in [6, 6.07) is 59.3. The van der Waals surface area contributed by atoms with Crippen molar-refractivity contribution >= 4 is 23.6 Å². The zero-order valence-electron chi connectivity index (χ0n) is 37.6. The van der Waals surface area contributed by atoms with E-state index in [2.05, 4.69) is 81.9 Å². The third-order valence-corrected chi connectivity index (χ3v) is 12.5. The van der Waals surface area contributed by atoms with Crippen molar-refractivity contribution in [2.75, 3.05) is 25.6 Å². The number of aliphatic hydroxyl groups excluding tert-OH is 1. The molecule has 7 aromatic rings. The number of rotatable bonds is 20. The summed E-state index contributed by atoms with van der Waals surface area (Å²) in [5, 5.41) is 22.3. The molecule has 1 aliphatic rings. The molecule has 0 heterocycles. The van der Waals surface area contributed by atoms with E-state index in [9.17, 15) is 19.5 Å². The van der Waals surface area contributed by atoms with Crippen LogP contribution in [0.15, 0.2) is 188 Å². The van der Waals surface area contributed by atoms with Gasteiger partial charge in [-0.1, -0.05) is 164 Å². The lowest BCUT2D eigenvalue weighted by Crippen LogP contribution is -2.53. The number of methoxy groups -OCH3 is 1. The summed E-state index contributed by atoms with van der Waals surface area (Å²) in [6.07, 6.45) is 0.979. The van der Waals surface area contributed by atoms with Gasteiger partial charge in [0.1, 0.15) is 24.4 Å². The largest absolute Gasteiger partial charge is 0.497 e. The first-order chi connectivity index (χ1) is 32.9. The van der Waals surface area contributed by atoms with Crippen LogP contribution >= 0.6 is 0 Å². The molecule has 7 aromatic carbocycles. The summed E-state index contributed by atoms with van der Waals surface area (Å²) in [5.74, 6) is -0.318. The number of nitrogens with one attached hydrogen (secondary N) is 4. The van der Waals surface area contributed by atoms with Crippen molar-refractivity contribution in [3.8, 4) is 16.9 Å². The Bertz CT molecular complexity index is 2630. The zero-order valence-corrected chi connectivity index (χ0v) is 37.6. The summed E-state index contributed by atoms with van der Waals surface area (Å²) in [5.41, 5.74) is 8.90. The number of alkyl carbamates (subject to hydrolysis) is 1. The second kappa shape index (κ2) is 22.1. The van der Waals surface area contributed by atoms with Crippen molar-refractivity contribution in [3.05, 3.63) is 227 Å². The SMILES string of the molecule is COc1ccc(C(NCCCC[C@H](NC(=O)[C@@H](Cc2ccccc2)NC(=O)OCC2c3ccccc3-c3ccccc32)C(=O)Nc2ccc(CO)cc2)(c2ccccc2)c2ccccc2)cc1. The Kier molecular flexibility index (Phi) is 15.2. The molecule has 5 N–H and O–H groups in total. The van der Waals surface area contributed by atoms with Crippen molar-refractivity contribution in [3.63, 3.8) is 0 Å². The van der Waals surface area contributed by atoms with Gasteiger partial charge in [-0.05, 0) is 100 Å². The Balaban J connectivity index is 0.994. The fourth-order valence-corrected chi connectivity index (χ4v) is 9.08. The summed E-state index contributed by atoms with van der Waals surface area (Å²) in [6.45, 7) is 0.525. The fourth-order valence-electron chi connectivity index (χ4n) is 9.08. The van der Waals surface area contributed by atoms with Gasteiger partial charge in [0.25, 0.3) is 0 Å². The minimum absolute atomic E-state index is 0.0853. The van der Waals surface area contributed by atoms with E-state index in [1.54, 1.807) is 31.4 Å². The number of anilines is 1. The highest BCUT2D eigenvalue weighted by molar-refractivity contribution is 5.98. The van der Waals surface area contributed by atoms with Crippen molar-refractivity contribution in [1.29, 1.82) is 0 Å². The van der Waals surface area contributed by atoms with Crippen LogP contribution in [0.25, 0.3) is 11.1 Å². The maximum Gasteiger partial charge on any atom is 0.407 e. The van der Waals surface area contributed by atoms with Crippen LogP contribution in [-0.4, -0.2) is 55.4 Å². The Morgan fingerprint density at radius 3 is 1.72 bits per heavy atom. The van der Waals surface area contributed by atoms with Crippen molar-refractivity contribution < 1.29 is 29.0 Å². The highest BCUT2D eigenvalue weighted by Crippen LogP contribution is 2.44. The van der Waals surface area contributed by atoms with Gasteiger partial charge in [0.05, 0.1) is 19.3 Å². The summed E-state index contributed by atoms with van der Waals surface area (Å²) >= 11 is 0. The van der Waals surface area contributed by atoms with Crippen LogP contribution in [0.5, 0.6) is 5.75 Å². The van der Waals surface area contributed by atoms with Gasteiger partial charge in [-0.15, -0.1) is 0 Å². The fraction of sp³-hybridized carbons (Fsp3) is 0.211. The average molecular weight is 893 g/mol. The van der Waals surface area contributed by atoms with E-state index in [0.717, 1.165) is 50.3 Å². The molecule has 1 aliphatic carbocycles. The van der Waals surface area contributed by atoms with Gasteiger partial charge < -0.3 is 30.5 Å². The highest BCUT2D eigenvalue weighted by Gasteiger charge is 2.36. The van der Waals surface area contributed by atoms with E-state index in [4.69, 9.17) is 9.47 Å². The van der Waals surface area contributed by atoms with Gasteiger partial charge in [0, 0.05) is 18.0 Å². The first kappa shape index (κ1) is 46.0. The monoisotopic (exact) mass is 892 g/mol. The average Bonchev–Trinajstić information content (AvgIpc) is 3.70. The van der Waals surface area contributed by atoms with Crippen LogP contribution < -0.4 is 26.0 Å². The first-order valence-corrected chi connectivity index (χ1v) is 22.8. The van der Waals surface area contributed by atoms with Gasteiger partial charge in [-0.25, -0.2) is 4.79 Å². The third kappa shape index (κ3) is 11.0. The first-order valence-electron chi connectivity index (χ1n) is 22.8. The molecule has 0 aromatic heterocycles. The quantitative estimate of drug-likeness (QED) is 0.0380. The molecule has 0 bridgehead atoms. The molecule has 8 rings (SSSR count). The van der Waals surface area contributed by atoms with Gasteiger partial charge in [0.15, 0.2) is 0 Å². The van der Waals surface area contributed by atoms with Gasteiger partial charge in [-0.3, -0.25) is 14.9 Å². The molecule has 0 fully saturated rings. The molecule has 340 valence electrons. The van der Waals surface area contributed by atoms with E-state index in [0.29, 0.717) is 37.1 Å². The zero-order chi connectivity index (χ0) is 46.4. The number of carbonyl (C=O) groups excluding carboxylic acids is 3. The molecule has 0 spiro atoms. The molecular formula is C57H56N4O6. The topological polar surface area (TPSA) is 138 Å². The molecule has 3 amide bonds. The number of benzene rings is 7. The maximum absolute atomic E-state index is 14.4. The van der Waals surface area contributed by atoms with Crippen LogP contribution in [0.2, 0.25) is 0 Å². The smallest absolute Gasteiger partial charge is 0.407 e. The summed E-state index contributed by atoms with van der Waals surface area (Å²) in [4.78, 5) is 42.3. The lowest BCUT2D eigenvalue weighted by Gasteiger charge is -2.37. The normalized spacial score (nSPS) is 12.8. The summed E-state index contributed by atoms with van der Waals surface area (Å²) in [7, 11) is 1.66. The number of fused-ring (bicyclic) bond motifs is 3. The summed E-state index contributed by atoms with van der Waals surface area (Å²) < 4.78 is 11.4. The van der Waals surface area contributed by atoms with Crippen LogP contribution in [0.3, 0.4) is 0 Å². The number of aliphatic hydroxyl groups is 1. The van der Waals surface area contributed by atoms with Crippen molar-refractivity contribution in [2.45, 2.75) is 55.8 Å². The number of amides is 3. The number of unbranched alkanes of at least 4 members (excludes halogenated alkanes) is 1. The molecule has 10 nitrogen and oxygen atoms in total. The van der Waals surface area contributed by atoms with Crippen LogP contribution in [-0.2, 0) is 32.9 Å². The Hall–Kier alpha value is -7.53. The maximum atomic E-state index is 14.4. The van der Waals surface area contributed by atoms with Crippen LogP contribution in [0.1, 0.15) is 64.1 Å². The van der Waals surface area contributed by atoms with E-state index in [-0.39, 0.29) is 25.6 Å². The van der Waals surface area contributed by atoms with Crippen molar-refractivity contribution in [1.82, 2.24) is 16.0 Å². The lowest BCUT2D eigenvalue weighted by atomic mass is 9.77. The van der Waals surface area contributed by atoms with Crippen molar-refractivity contribution in [2.24, 2.45) is 0 Å². The number of hydrogen-bond acceptors (Lipinski definition) is 7. The van der Waals surface area contributed by atoms with Crippen LogP contribution in [0, 0.1) is 0 Å². The molecule has 10 heteroatoms. The minimum atomic E-state index is -1.05. The van der Waals surface area contributed by atoms with E-state index in [1.807, 2.05) is 103 Å². The molecule has 0 radical (unpaired) electrons. The van der Waals surface area contributed by atoms with Gasteiger partial charge in [0.2, 0.25) is 11.8 Å². The second-order valence-corrected chi connectivity index (χ2v) is 16.8. The molecular weight excluding hydrogens is 837 g/mol. The predicted molar refractivity (Wildman–Crippen MR) is 263 cm³/mol. The molecule has 67 heavy (non-hydrogen) atoms. The Morgan fingerprint density at radius 1 is 0.582 bits per heavy atom. The molecule has 0 aliphatic heterocycles. The van der Waals surface area contributed by atoms with Gasteiger partial charge >= 0.3 is 6.09 Å². The van der Waals surface area contributed by atoms with E-state index < -0.39 is 35.5 Å². The van der Waals surface area contributed by atoms with Crippen LogP contribution in [0.4, 0.5) is 10.5 Å². The molecule has 2 atom stereocenters. The van der Waals surface area contributed by atoms with E-state index >= 15 is 0 Å². The Morgan fingerprint density at radius 2 is 1.13 bits per heavy atom.